The standard InChI is InChI=1S/C15H22N2O3S/c1-4-17(10-11-20-3)21(18,19)15-8-7-13(2)12-14(15)6-5-9-16/h7-8,12H,4,9-11,16H2,1-3H3. The normalized spacial score (nSPS) is 11.3. The van der Waals surface area contributed by atoms with Crippen molar-refractivity contribution < 1.29 is 13.2 Å². The van der Waals surface area contributed by atoms with Crippen LogP contribution in [0.4, 0.5) is 0 Å². The molecule has 21 heavy (non-hydrogen) atoms. The smallest absolute Gasteiger partial charge is 0.244 e. The number of benzene rings is 1. The van der Waals surface area contributed by atoms with Gasteiger partial charge >= 0.3 is 0 Å². The molecule has 0 atom stereocenters. The number of nitrogens with zero attached hydrogens (tertiary/aromatic N) is 1. The second-order valence-corrected chi connectivity index (χ2v) is 6.40. The van der Waals surface area contributed by atoms with Crippen LogP contribution >= 0.6 is 0 Å². The molecule has 6 heteroatoms. The molecule has 0 unspecified atom stereocenters. The van der Waals surface area contributed by atoms with Gasteiger partial charge in [0.2, 0.25) is 10.0 Å². The lowest BCUT2D eigenvalue weighted by molar-refractivity contribution is 0.180. The summed E-state index contributed by atoms with van der Waals surface area (Å²) < 4.78 is 31.8. The molecule has 0 amide bonds. The molecule has 0 aliphatic heterocycles. The number of hydrogen-bond acceptors (Lipinski definition) is 4. The summed E-state index contributed by atoms with van der Waals surface area (Å²) in [6.07, 6.45) is 0. The van der Waals surface area contributed by atoms with Gasteiger partial charge in [-0.2, -0.15) is 4.31 Å². The topological polar surface area (TPSA) is 72.6 Å². The maximum atomic E-state index is 12.7. The van der Waals surface area contributed by atoms with Crippen LogP contribution in [0.15, 0.2) is 23.1 Å². The maximum absolute atomic E-state index is 12.7. The Labute approximate surface area is 127 Å². The Bertz CT molecular complexity index is 630. The van der Waals surface area contributed by atoms with Gasteiger partial charge in [0.1, 0.15) is 0 Å². The number of likely N-dealkylation sites (N-methyl/N-ethyl adjacent to an activating group) is 1. The molecule has 116 valence electrons. The Hall–Kier alpha value is -1.39. The van der Waals surface area contributed by atoms with E-state index in [1.165, 1.54) is 4.31 Å². The van der Waals surface area contributed by atoms with Crippen LogP contribution in [-0.4, -0.2) is 46.1 Å². The second kappa shape index (κ2) is 8.15. The Morgan fingerprint density at radius 1 is 1.38 bits per heavy atom. The fourth-order valence-electron chi connectivity index (χ4n) is 1.89. The van der Waals surface area contributed by atoms with Crippen LogP contribution in [0.1, 0.15) is 18.1 Å². The highest BCUT2D eigenvalue weighted by atomic mass is 32.2. The van der Waals surface area contributed by atoms with E-state index in [2.05, 4.69) is 11.8 Å². The molecule has 0 aromatic heterocycles. The lowest BCUT2D eigenvalue weighted by atomic mass is 10.1. The average Bonchev–Trinajstić information content (AvgIpc) is 2.45. The van der Waals surface area contributed by atoms with Gasteiger partial charge in [0.15, 0.2) is 0 Å². The van der Waals surface area contributed by atoms with Gasteiger partial charge in [0, 0.05) is 25.8 Å². The van der Waals surface area contributed by atoms with E-state index in [1.54, 1.807) is 32.2 Å². The quantitative estimate of drug-likeness (QED) is 0.795. The van der Waals surface area contributed by atoms with E-state index < -0.39 is 10.0 Å². The van der Waals surface area contributed by atoms with Crippen molar-refractivity contribution in [3.8, 4) is 11.8 Å². The third kappa shape index (κ3) is 4.55. The molecule has 0 saturated carbocycles. The summed E-state index contributed by atoms with van der Waals surface area (Å²) >= 11 is 0. The van der Waals surface area contributed by atoms with Crippen LogP contribution in [-0.2, 0) is 14.8 Å². The third-order valence-corrected chi connectivity index (χ3v) is 5.01. The molecule has 0 spiro atoms. The minimum atomic E-state index is -3.59. The average molecular weight is 310 g/mol. The number of rotatable bonds is 6. The number of sulfonamides is 1. The van der Waals surface area contributed by atoms with E-state index in [0.717, 1.165) is 5.56 Å². The van der Waals surface area contributed by atoms with Crippen LogP contribution < -0.4 is 5.73 Å². The van der Waals surface area contributed by atoms with Crippen LogP contribution in [0, 0.1) is 18.8 Å². The lowest BCUT2D eigenvalue weighted by Crippen LogP contribution is -2.34. The monoisotopic (exact) mass is 310 g/mol. The number of nitrogens with two attached hydrogens (primary N) is 1. The van der Waals surface area contributed by atoms with E-state index in [4.69, 9.17) is 10.5 Å². The maximum Gasteiger partial charge on any atom is 0.244 e. The van der Waals surface area contributed by atoms with Crippen LogP contribution in [0.25, 0.3) is 0 Å². The van der Waals surface area contributed by atoms with Crippen molar-refractivity contribution in [2.45, 2.75) is 18.7 Å². The summed E-state index contributed by atoms with van der Waals surface area (Å²) in [7, 11) is -2.05. The number of ether oxygens (including phenoxy) is 1. The summed E-state index contributed by atoms with van der Waals surface area (Å²) in [6, 6.07) is 5.13. The third-order valence-electron chi connectivity index (χ3n) is 2.98. The predicted molar refractivity (Wildman–Crippen MR) is 83.4 cm³/mol. The summed E-state index contributed by atoms with van der Waals surface area (Å²) in [5.74, 6) is 5.56. The zero-order valence-electron chi connectivity index (χ0n) is 12.7. The van der Waals surface area contributed by atoms with Gasteiger partial charge in [0.05, 0.1) is 18.0 Å². The first-order valence-corrected chi connectivity index (χ1v) is 8.20. The minimum Gasteiger partial charge on any atom is -0.383 e. The zero-order valence-corrected chi connectivity index (χ0v) is 13.5. The SMILES string of the molecule is CCN(CCOC)S(=O)(=O)c1ccc(C)cc1C#CCN. The van der Waals surface area contributed by atoms with Gasteiger partial charge in [-0.3, -0.25) is 0 Å². The van der Waals surface area contributed by atoms with E-state index in [9.17, 15) is 8.42 Å². The molecule has 0 saturated heterocycles. The first-order valence-electron chi connectivity index (χ1n) is 6.76. The molecule has 2 N–H and O–H groups in total. The van der Waals surface area contributed by atoms with Gasteiger partial charge in [-0.25, -0.2) is 8.42 Å². The molecular formula is C15H22N2O3S. The number of methoxy groups -OCH3 is 1. The number of hydrogen-bond donors (Lipinski definition) is 1. The first kappa shape index (κ1) is 17.7. The van der Waals surface area contributed by atoms with Gasteiger partial charge in [-0.1, -0.05) is 24.8 Å². The first-order chi connectivity index (χ1) is 9.97. The molecule has 0 heterocycles. The zero-order chi connectivity index (χ0) is 15.9. The number of aryl methyl sites for hydroxylation is 1. The minimum absolute atomic E-state index is 0.189. The van der Waals surface area contributed by atoms with Crippen molar-refractivity contribution in [1.29, 1.82) is 0 Å². The molecule has 0 aliphatic rings. The highest BCUT2D eigenvalue weighted by Gasteiger charge is 2.25. The highest BCUT2D eigenvalue weighted by Crippen LogP contribution is 2.21. The van der Waals surface area contributed by atoms with Gasteiger partial charge < -0.3 is 10.5 Å². The molecule has 5 nitrogen and oxygen atoms in total. The molecule has 0 aliphatic carbocycles. The van der Waals surface area contributed by atoms with Crippen LogP contribution in [0.2, 0.25) is 0 Å². The van der Waals surface area contributed by atoms with Crippen LogP contribution in [0.3, 0.4) is 0 Å². The molecule has 1 rings (SSSR count). The van der Waals surface area contributed by atoms with Crippen molar-refractivity contribution in [2.75, 3.05) is 33.4 Å². The van der Waals surface area contributed by atoms with Crippen LogP contribution in [0.5, 0.6) is 0 Å². The Morgan fingerprint density at radius 2 is 2.10 bits per heavy atom. The van der Waals surface area contributed by atoms with E-state index in [-0.39, 0.29) is 11.4 Å². The fourth-order valence-corrected chi connectivity index (χ4v) is 3.45. The fraction of sp³-hybridized carbons (Fsp3) is 0.467. The van der Waals surface area contributed by atoms with Crippen molar-refractivity contribution in [3.05, 3.63) is 29.3 Å². The molecule has 1 aromatic rings. The van der Waals surface area contributed by atoms with E-state index >= 15 is 0 Å². The van der Waals surface area contributed by atoms with Crippen molar-refractivity contribution in [2.24, 2.45) is 5.73 Å². The predicted octanol–water partition coefficient (Wildman–Crippen LogP) is 0.962. The summed E-state index contributed by atoms with van der Waals surface area (Å²) in [5, 5.41) is 0. The largest absolute Gasteiger partial charge is 0.383 e. The van der Waals surface area contributed by atoms with Crippen molar-refractivity contribution in [3.63, 3.8) is 0 Å². The molecule has 0 bridgehead atoms. The van der Waals surface area contributed by atoms with Gasteiger partial charge in [-0.15, -0.1) is 0 Å². The lowest BCUT2D eigenvalue weighted by Gasteiger charge is -2.21. The van der Waals surface area contributed by atoms with E-state index in [1.807, 2.05) is 6.92 Å². The molecular weight excluding hydrogens is 288 g/mol. The molecule has 1 aromatic carbocycles. The summed E-state index contributed by atoms with van der Waals surface area (Å²) in [6.45, 7) is 4.92. The van der Waals surface area contributed by atoms with Gasteiger partial charge in [-0.05, 0) is 24.6 Å². The highest BCUT2D eigenvalue weighted by molar-refractivity contribution is 7.89. The molecule has 0 radical (unpaired) electrons. The van der Waals surface area contributed by atoms with Gasteiger partial charge in [0.25, 0.3) is 0 Å². The summed E-state index contributed by atoms with van der Waals surface area (Å²) in [5.41, 5.74) is 6.81. The van der Waals surface area contributed by atoms with E-state index in [0.29, 0.717) is 25.3 Å². The van der Waals surface area contributed by atoms with Crippen molar-refractivity contribution >= 4 is 10.0 Å². The Morgan fingerprint density at radius 3 is 2.67 bits per heavy atom. The second-order valence-electron chi connectivity index (χ2n) is 4.50. The Balaban J connectivity index is 3.29. The molecule has 0 fully saturated rings. The van der Waals surface area contributed by atoms with Crippen molar-refractivity contribution in [1.82, 2.24) is 4.31 Å². The Kier molecular flexibility index (Phi) is 6.85. The summed E-state index contributed by atoms with van der Waals surface area (Å²) in [4.78, 5) is 0.215.